The fourth-order valence-corrected chi connectivity index (χ4v) is 0.420. The molecule has 0 aromatic rings. The lowest BCUT2D eigenvalue weighted by molar-refractivity contribution is -0.136. The van der Waals surface area contributed by atoms with Gasteiger partial charge in [0.25, 0.3) is 0 Å². The fourth-order valence-electron chi connectivity index (χ4n) is 0.109. The van der Waals surface area contributed by atoms with Crippen molar-refractivity contribution in [3.63, 3.8) is 0 Å². The van der Waals surface area contributed by atoms with Crippen LogP contribution in [0.25, 0.3) is 0 Å². The van der Waals surface area contributed by atoms with Gasteiger partial charge in [0.2, 0.25) is 10.5 Å². The van der Waals surface area contributed by atoms with Crippen LogP contribution in [-0.2, 0) is 14.4 Å². The van der Waals surface area contributed by atoms with Crippen molar-refractivity contribution < 1.29 is 19.5 Å². The summed E-state index contributed by atoms with van der Waals surface area (Å²) in [5.74, 6) is -0.745. The Labute approximate surface area is 79.5 Å². The van der Waals surface area contributed by atoms with Crippen molar-refractivity contribution in [3.05, 3.63) is 0 Å². The zero-order chi connectivity index (χ0) is 10.1. The first-order valence-corrected chi connectivity index (χ1v) is 3.74. The molecule has 0 aliphatic heterocycles. The van der Waals surface area contributed by atoms with Crippen LogP contribution in [0.5, 0.6) is 0 Å². The maximum absolute atomic E-state index is 9.71. The molecular formula is C6H8Cl2O4. The first-order chi connectivity index (χ1) is 5.40. The topological polar surface area (TPSA) is 71.4 Å². The van der Waals surface area contributed by atoms with Crippen LogP contribution in [0.4, 0.5) is 0 Å². The number of carbonyl (C=O) groups is 3. The Bertz CT molecular complexity index is 166. The molecule has 6 heteroatoms. The van der Waals surface area contributed by atoms with Crippen molar-refractivity contribution in [2.75, 3.05) is 0 Å². The predicted octanol–water partition coefficient (Wildman–Crippen LogP) is 1.39. The van der Waals surface area contributed by atoms with Gasteiger partial charge in [0.15, 0.2) is 0 Å². The summed E-state index contributed by atoms with van der Waals surface area (Å²) in [6.45, 7) is 1.60. The highest BCUT2D eigenvalue weighted by molar-refractivity contribution is 6.72. The molecule has 0 radical (unpaired) electrons. The maximum atomic E-state index is 9.71. The van der Waals surface area contributed by atoms with Crippen molar-refractivity contribution in [1.29, 1.82) is 0 Å². The molecule has 0 aromatic carbocycles. The minimum atomic E-state index is -0.745. The van der Waals surface area contributed by atoms with Gasteiger partial charge in [-0.15, -0.1) is 0 Å². The van der Waals surface area contributed by atoms with E-state index in [-0.39, 0.29) is 12.8 Å². The Balaban J connectivity index is 0. The molecule has 0 fully saturated rings. The molecule has 0 saturated carbocycles. The van der Waals surface area contributed by atoms with E-state index >= 15 is 0 Å². The molecule has 4 nitrogen and oxygen atoms in total. The number of carboxylic acids is 1. The van der Waals surface area contributed by atoms with Crippen LogP contribution in [0.3, 0.4) is 0 Å². The molecule has 0 heterocycles. The van der Waals surface area contributed by atoms with Crippen LogP contribution in [0.1, 0.15) is 19.8 Å². The van der Waals surface area contributed by atoms with Gasteiger partial charge in [0.1, 0.15) is 0 Å². The van der Waals surface area contributed by atoms with Gasteiger partial charge < -0.3 is 5.11 Å². The lowest BCUT2D eigenvalue weighted by Gasteiger charge is -1.76. The van der Waals surface area contributed by atoms with Gasteiger partial charge >= 0.3 is 5.97 Å². The smallest absolute Gasteiger partial charge is 0.303 e. The quantitative estimate of drug-likeness (QED) is 0.570. The second-order valence-electron chi connectivity index (χ2n) is 1.63. The SMILES string of the molecule is CCC(=O)O.O=C(Cl)CC(=O)Cl. The summed E-state index contributed by atoms with van der Waals surface area (Å²) >= 11 is 9.46. The molecule has 0 aliphatic rings. The summed E-state index contributed by atoms with van der Waals surface area (Å²) in [5, 5.41) is 6.28. The van der Waals surface area contributed by atoms with Gasteiger partial charge in [-0.05, 0) is 23.2 Å². The first kappa shape index (κ1) is 13.9. The number of rotatable bonds is 3. The molecule has 0 aliphatic carbocycles. The Morgan fingerprint density at radius 3 is 1.42 bits per heavy atom. The molecule has 0 unspecified atom stereocenters. The summed E-state index contributed by atoms with van der Waals surface area (Å²) in [5.41, 5.74) is 0. The van der Waals surface area contributed by atoms with Crippen molar-refractivity contribution in [2.45, 2.75) is 19.8 Å². The second-order valence-corrected chi connectivity index (χ2v) is 2.48. The van der Waals surface area contributed by atoms with Gasteiger partial charge in [0.05, 0.1) is 6.42 Å². The number of carboxylic acid groups (broad SMARTS) is 1. The molecule has 0 spiro atoms. The summed E-state index contributed by atoms with van der Waals surface area (Å²) in [6.07, 6.45) is -0.164. The van der Waals surface area contributed by atoms with Gasteiger partial charge in [-0.1, -0.05) is 6.92 Å². The molecule has 0 rings (SSSR count). The van der Waals surface area contributed by atoms with Gasteiger partial charge in [-0.2, -0.15) is 0 Å². The molecule has 0 atom stereocenters. The molecule has 1 N–H and O–H groups in total. The normalized spacial score (nSPS) is 7.92. The van der Waals surface area contributed by atoms with Crippen LogP contribution in [-0.4, -0.2) is 21.6 Å². The van der Waals surface area contributed by atoms with E-state index in [1.165, 1.54) is 0 Å². The molecule has 12 heavy (non-hydrogen) atoms. The Morgan fingerprint density at radius 1 is 1.17 bits per heavy atom. The largest absolute Gasteiger partial charge is 0.481 e. The van der Waals surface area contributed by atoms with E-state index in [2.05, 4.69) is 0 Å². The molecular weight excluding hydrogens is 207 g/mol. The highest BCUT2D eigenvalue weighted by atomic mass is 35.5. The first-order valence-electron chi connectivity index (χ1n) is 2.98. The van der Waals surface area contributed by atoms with E-state index in [0.717, 1.165) is 0 Å². The van der Waals surface area contributed by atoms with Crippen LogP contribution in [0.2, 0.25) is 0 Å². The molecule has 0 bridgehead atoms. The molecule has 0 aromatic heterocycles. The van der Waals surface area contributed by atoms with Crippen molar-refractivity contribution in [2.24, 2.45) is 0 Å². The number of carbonyl (C=O) groups excluding carboxylic acids is 2. The zero-order valence-electron chi connectivity index (χ0n) is 6.34. The lowest BCUT2D eigenvalue weighted by Crippen LogP contribution is -1.92. The molecule has 70 valence electrons. The van der Waals surface area contributed by atoms with Gasteiger partial charge in [-0.3, -0.25) is 14.4 Å². The minimum absolute atomic E-state index is 0.222. The summed E-state index contributed by atoms with van der Waals surface area (Å²) < 4.78 is 0. The number of hydrogen-bond acceptors (Lipinski definition) is 3. The highest BCUT2D eigenvalue weighted by Gasteiger charge is 2.00. The van der Waals surface area contributed by atoms with Crippen molar-refractivity contribution >= 4 is 39.7 Å². The van der Waals surface area contributed by atoms with Crippen molar-refractivity contribution in [3.8, 4) is 0 Å². The van der Waals surface area contributed by atoms with Crippen LogP contribution < -0.4 is 0 Å². The number of aliphatic carboxylic acids is 1. The van der Waals surface area contributed by atoms with E-state index in [0.29, 0.717) is 0 Å². The van der Waals surface area contributed by atoms with Crippen molar-refractivity contribution in [1.82, 2.24) is 0 Å². The number of hydrogen-bond donors (Lipinski definition) is 1. The summed E-state index contributed by atoms with van der Waals surface area (Å²) in [4.78, 5) is 28.8. The average molecular weight is 215 g/mol. The van der Waals surface area contributed by atoms with Crippen LogP contribution >= 0.6 is 23.2 Å². The average Bonchev–Trinajstić information content (AvgIpc) is 1.85. The maximum Gasteiger partial charge on any atom is 0.303 e. The van der Waals surface area contributed by atoms with Crippen LogP contribution in [0, 0.1) is 0 Å². The lowest BCUT2D eigenvalue weighted by atomic mass is 10.5. The third kappa shape index (κ3) is 22.8. The van der Waals surface area contributed by atoms with Crippen LogP contribution in [0.15, 0.2) is 0 Å². The summed E-state index contributed by atoms with van der Waals surface area (Å²) in [7, 11) is 0. The van der Waals surface area contributed by atoms with Gasteiger partial charge in [0, 0.05) is 6.42 Å². The summed E-state index contributed by atoms with van der Waals surface area (Å²) in [6, 6.07) is 0. The monoisotopic (exact) mass is 214 g/mol. The van der Waals surface area contributed by atoms with E-state index in [9.17, 15) is 14.4 Å². The Kier molecular flexibility index (Phi) is 9.86. The zero-order valence-corrected chi connectivity index (χ0v) is 7.85. The standard InChI is InChI=1S/C3H2Cl2O2.C3H6O2/c4-2(6)1-3(5)7;1-2-3(4)5/h1H2;2H2,1H3,(H,4,5). The van der Waals surface area contributed by atoms with E-state index in [1.54, 1.807) is 6.92 Å². The minimum Gasteiger partial charge on any atom is -0.481 e. The van der Waals surface area contributed by atoms with E-state index in [4.69, 9.17) is 28.3 Å². The second kappa shape index (κ2) is 8.49. The van der Waals surface area contributed by atoms with E-state index < -0.39 is 16.5 Å². The third-order valence-electron chi connectivity index (χ3n) is 0.580. The fraction of sp³-hybridized carbons (Fsp3) is 0.500. The Morgan fingerprint density at radius 2 is 1.42 bits per heavy atom. The number of halogens is 2. The van der Waals surface area contributed by atoms with Gasteiger partial charge in [-0.25, -0.2) is 0 Å². The highest BCUT2D eigenvalue weighted by Crippen LogP contribution is 1.92. The predicted molar refractivity (Wildman–Crippen MR) is 44.3 cm³/mol. The third-order valence-corrected chi connectivity index (χ3v) is 0.848. The van der Waals surface area contributed by atoms with E-state index in [1.807, 2.05) is 0 Å². The Hall–Kier alpha value is -0.610. The molecule has 0 amide bonds. The molecule has 0 saturated heterocycles.